The molecular weight excluding hydrogens is 308 g/mol. The summed E-state index contributed by atoms with van der Waals surface area (Å²) in [6, 6.07) is 0.597. The zero-order valence-corrected chi connectivity index (χ0v) is 17.5. The van der Waals surface area contributed by atoms with Gasteiger partial charge in [-0.2, -0.15) is 5.10 Å². The second kappa shape index (κ2) is 9.18. The van der Waals surface area contributed by atoms with Gasteiger partial charge in [-0.3, -0.25) is 4.68 Å². The molecule has 2 heterocycles. The van der Waals surface area contributed by atoms with Gasteiger partial charge in [0.05, 0.1) is 12.2 Å². The zero-order chi connectivity index (χ0) is 18.4. The maximum Gasteiger partial charge on any atom is 0.0543 e. The molecule has 1 aliphatic heterocycles. The van der Waals surface area contributed by atoms with Crippen LogP contribution in [0.15, 0.2) is 12.4 Å². The van der Waals surface area contributed by atoms with E-state index in [9.17, 15) is 0 Å². The largest absolute Gasteiger partial charge is 0.303 e. The van der Waals surface area contributed by atoms with Crippen molar-refractivity contribution in [3.63, 3.8) is 0 Å². The molecular formula is C21H40N4. The molecule has 1 saturated heterocycles. The highest BCUT2D eigenvalue weighted by molar-refractivity contribution is 5.09. The van der Waals surface area contributed by atoms with Gasteiger partial charge in [-0.15, -0.1) is 0 Å². The number of likely N-dealkylation sites (tertiary alicyclic amines) is 1. The molecule has 144 valence electrons. The fourth-order valence-electron chi connectivity index (χ4n) is 3.52. The topological polar surface area (TPSA) is 24.3 Å². The summed E-state index contributed by atoms with van der Waals surface area (Å²) >= 11 is 0. The Balaban J connectivity index is 1.65. The first kappa shape index (κ1) is 20.4. The first-order valence-electron chi connectivity index (χ1n) is 10.3. The van der Waals surface area contributed by atoms with Crippen LogP contribution < -0.4 is 0 Å². The van der Waals surface area contributed by atoms with Crippen LogP contribution in [0, 0.1) is 0 Å². The van der Waals surface area contributed by atoms with Gasteiger partial charge >= 0.3 is 0 Å². The molecule has 0 aromatic carbocycles. The number of piperidine rings is 1. The van der Waals surface area contributed by atoms with E-state index in [1.165, 1.54) is 63.8 Å². The molecule has 0 saturated carbocycles. The molecule has 1 aromatic heterocycles. The summed E-state index contributed by atoms with van der Waals surface area (Å²) in [5.74, 6) is 0.574. The molecule has 0 radical (unpaired) electrons. The van der Waals surface area contributed by atoms with Crippen LogP contribution in [0.2, 0.25) is 0 Å². The van der Waals surface area contributed by atoms with Gasteiger partial charge in [0, 0.05) is 24.8 Å². The molecule has 0 atom stereocenters. The summed E-state index contributed by atoms with van der Waals surface area (Å²) in [5.41, 5.74) is 1.69. The summed E-state index contributed by atoms with van der Waals surface area (Å²) in [6.07, 6.45) is 10.6. The zero-order valence-electron chi connectivity index (χ0n) is 17.5. The third kappa shape index (κ3) is 5.82. The third-order valence-electron chi connectivity index (χ3n) is 6.34. The summed E-state index contributed by atoms with van der Waals surface area (Å²) in [7, 11) is 2.27. The Hall–Kier alpha value is -0.870. The average Bonchev–Trinajstić information content (AvgIpc) is 3.09. The van der Waals surface area contributed by atoms with Crippen LogP contribution in [0.3, 0.4) is 0 Å². The van der Waals surface area contributed by atoms with Gasteiger partial charge in [0.25, 0.3) is 0 Å². The van der Waals surface area contributed by atoms with Gasteiger partial charge in [-0.25, -0.2) is 0 Å². The fourth-order valence-corrected chi connectivity index (χ4v) is 3.52. The van der Waals surface area contributed by atoms with Crippen molar-refractivity contribution in [2.24, 2.45) is 0 Å². The first-order valence-corrected chi connectivity index (χ1v) is 10.3. The minimum Gasteiger partial charge on any atom is -0.303 e. The van der Waals surface area contributed by atoms with E-state index in [0.717, 1.165) is 0 Å². The highest BCUT2D eigenvalue weighted by Gasteiger charge is 2.22. The lowest BCUT2D eigenvalue weighted by molar-refractivity contribution is 0.140. The van der Waals surface area contributed by atoms with E-state index in [1.807, 2.05) is 6.20 Å². The van der Waals surface area contributed by atoms with Gasteiger partial charge < -0.3 is 9.80 Å². The van der Waals surface area contributed by atoms with E-state index in [-0.39, 0.29) is 0 Å². The number of aromatic nitrogens is 2. The quantitative estimate of drug-likeness (QED) is 0.612. The van der Waals surface area contributed by atoms with Crippen LogP contribution in [0.4, 0.5) is 0 Å². The minimum absolute atomic E-state index is 0.330. The number of nitrogens with zero attached hydrogens (tertiary/aromatic N) is 4. The number of unbranched alkanes of at least 4 members (excludes halogenated alkanes) is 1. The lowest BCUT2D eigenvalue weighted by Crippen LogP contribution is -2.41. The highest BCUT2D eigenvalue weighted by atomic mass is 15.3. The molecule has 2 rings (SSSR count). The molecule has 0 unspecified atom stereocenters. The van der Waals surface area contributed by atoms with Crippen LogP contribution in [-0.4, -0.2) is 58.3 Å². The Kier molecular flexibility index (Phi) is 7.51. The van der Waals surface area contributed by atoms with Crippen molar-refractivity contribution in [2.45, 2.75) is 84.2 Å². The predicted octanol–water partition coefficient (Wildman–Crippen LogP) is 4.54. The highest BCUT2D eigenvalue weighted by Crippen LogP contribution is 2.24. The molecule has 0 aliphatic carbocycles. The Morgan fingerprint density at radius 3 is 2.48 bits per heavy atom. The summed E-state index contributed by atoms with van der Waals surface area (Å²) < 4.78 is 2.22. The van der Waals surface area contributed by atoms with Crippen molar-refractivity contribution in [1.82, 2.24) is 19.6 Å². The standard InChI is InChI=1S/C21H40N4/c1-7-21(4,5)23(6)12-8-9-13-24-14-10-20(11-15-24)25-17-19(16-22-25)18(2)3/h16-18,20H,7-15H2,1-6H3. The third-order valence-corrected chi connectivity index (χ3v) is 6.34. The smallest absolute Gasteiger partial charge is 0.0543 e. The van der Waals surface area contributed by atoms with Gasteiger partial charge in [-0.05, 0) is 77.6 Å². The van der Waals surface area contributed by atoms with Gasteiger partial charge in [0.15, 0.2) is 0 Å². The fraction of sp³-hybridized carbons (Fsp3) is 0.857. The van der Waals surface area contributed by atoms with Crippen LogP contribution in [0.5, 0.6) is 0 Å². The lowest BCUT2D eigenvalue weighted by Gasteiger charge is -2.35. The lowest BCUT2D eigenvalue weighted by atomic mass is 9.99. The van der Waals surface area contributed by atoms with Crippen LogP contribution in [0.1, 0.15) is 84.2 Å². The molecule has 1 fully saturated rings. The minimum atomic E-state index is 0.330. The second-order valence-electron chi connectivity index (χ2n) is 8.78. The second-order valence-corrected chi connectivity index (χ2v) is 8.78. The molecule has 1 aliphatic rings. The van der Waals surface area contributed by atoms with Crippen LogP contribution in [-0.2, 0) is 0 Å². The summed E-state index contributed by atoms with van der Waals surface area (Å²) in [4.78, 5) is 5.16. The van der Waals surface area contributed by atoms with Gasteiger partial charge in [-0.1, -0.05) is 20.8 Å². The van der Waals surface area contributed by atoms with E-state index in [4.69, 9.17) is 0 Å². The average molecular weight is 349 g/mol. The van der Waals surface area contributed by atoms with Crippen molar-refractivity contribution in [1.29, 1.82) is 0 Å². The van der Waals surface area contributed by atoms with Crippen molar-refractivity contribution >= 4 is 0 Å². The Morgan fingerprint density at radius 1 is 1.24 bits per heavy atom. The van der Waals surface area contributed by atoms with Crippen molar-refractivity contribution in [2.75, 3.05) is 33.2 Å². The van der Waals surface area contributed by atoms with Crippen molar-refractivity contribution in [3.8, 4) is 0 Å². The molecule has 1 aromatic rings. The van der Waals surface area contributed by atoms with E-state index in [2.05, 4.69) is 67.4 Å². The predicted molar refractivity (Wildman–Crippen MR) is 107 cm³/mol. The Labute approximate surface area is 155 Å². The molecule has 0 bridgehead atoms. The molecule has 4 nitrogen and oxygen atoms in total. The monoisotopic (exact) mass is 348 g/mol. The van der Waals surface area contributed by atoms with Crippen molar-refractivity contribution in [3.05, 3.63) is 18.0 Å². The Bertz CT molecular complexity index is 498. The van der Waals surface area contributed by atoms with E-state index in [1.54, 1.807) is 0 Å². The molecule has 0 spiro atoms. The van der Waals surface area contributed by atoms with E-state index >= 15 is 0 Å². The number of hydrogen-bond acceptors (Lipinski definition) is 3. The molecule has 0 amide bonds. The van der Waals surface area contributed by atoms with E-state index in [0.29, 0.717) is 17.5 Å². The maximum atomic E-state index is 4.60. The maximum absolute atomic E-state index is 4.60. The summed E-state index contributed by atoms with van der Waals surface area (Å²) in [5, 5.41) is 4.60. The van der Waals surface area contributed by atoms with Gasteiger partial charge in [0.2, 0.25) is 0 Å². The van der Waals surface area contributed by atoms with Gasteiger partial charge in [0.1, 0.15) is 0 Å². The van der Waals surface area contributed by atoms with Crippen molar-refractivity contribution < 1.29 is 0 Å². The van der Waals surface area contributed by atoms with Crippen LogP contribution >= 0.6 is 0 Å². The Morgan fingerprint density at radius 2 is 1.92 bits per heavy atom. The normalized spacial score (nSPS) is 17.8. The molecule has 25 heavy (non-hydrogen) atoms. The van der Waals surface area contributed by atoms with E-state index < -0.39 is 0 Å². The first-order chi connectivity index (χ1) is 11.8. The molecule has 0 N–H and O–H groups in total. The number of hydrogen-bond donors (Lipinski definition) is 0. The summed E-state index contributed by atoms with van der Waals surface area (Å²) in [6.45, 7) is 16.4. The molecule has 4 heteroatoms. The van der Waals surface area contributed by atoms with Crippen LogP contribution in [0.25, 0.3) is 0 Å². The number of rotatable bonds is 9. The SMILES string of the molecule is CCC(C)(C)N(C)CCCCN1CCC(n2cc(C(C)C)cn2)CC1.